The number of rotatable bonds is 8. The van der Waals surface area contributed by atoms with Crippen molar-refractivity contribution < 1.29 is 9.47 Å². The molecule has 9 heteroatoms. The Morgan fingerprint density at radius 1 is 1.13 bits per heavy atom. The van der Waals surface area contributed by atoms with Crippen LogP contribution in [0.15, 0.2) is 57.8 Å². The highest BCUT2D eigenvalue weighted by molar-refractivity contribution is 7.98. The summed E-state index contributed by atoms with van der Waals surface area (Å²) in [5.74, 6) is 1.41. The quantitative estimate of drug-likeness (QED) is 0.261. The Kier molecular flexibility index (Phi) is 6.92. The molecule has 0 aliphatic carbocycles. The van der Waals surface area contributed by atoms with E-state index in [0.717, 1.165) is 22.0 Å². The van der Waals surface area contributed by atoms with E-state index in [2.05, 4.69) is 0 Å². The molecule has 4 aromatic rings. The first kappa shape index (κ1) is 21.8. The van der Waals surface area contributed by atoms with Crippen molar-refractivity contribution in [2.45, 2.75) is 17.5 Å². The van der Waals surface area contributed by atoms with Crippen LogP contribution < -0.4 is 10.3 Å². The first-order valence-corrected chi connectivity index (χ1v) is 11.7. The molecule has 0 amide bonds. The van der Waals surface area contributed by atoms with Crippen LogP contribution in [0.1, 0.15) is 5.69 Å². The molecule has 0 unspecified atom stereocenters. The monoisotopic (exact) mass is 473 g/mol. The van der Waals surface area contributed by atoms with E-state index in [9.17, 15) is 4.79 Å². The van der Waals surface area contributed by atoms with E-state index in [1.165, 1.54) is 11.8 Å². The van der Waals surface area contributed by atoms with Crippen LogP contribution in [0.2, 0.25) is 5.02 Å². The summed E-state index contributed by atoms with van der Waals surface area (Å²) in [4.78, 5) is 22.4. The summed E-state index contributed by atoms with van der Waals surface area (Å²) in [6.45, 7) is 0.851. The van der Waals surface area contributed by atoms with E-state index in [-0.39, 0.29) is 5.56 Å². The molecule has 0 N–H and O–H groups in total. The Labute approximate surface area is 192 Å². The second-order valence-electron chi connectivity index (χ2n) is 6.67. The van der Waals surface area contributed by atoms with Gasteiger partial charge < -0.3 is 9.47 Å². The number of halogens is 1. The molecular formula is C22H20ClN3O3S2. The number of benzene rings is 2. The fraction of sp³-hybridized carbons (Fsp3) is 0.227. The lowest BCUT2D eigenvalue weighted by molar-refractivity contribution is 0.183. The molecule has 0 spiro atoms. The van der Waals surface area contributed by atoms with Crippen LogP contribution >= 0.6 is 34.7 Å². The second kappa shape index (κ2) is 9.82. The van der Waals surface area contributed by atoms with Crippen molar-refractivity contribution in [3.05, 3.63) is 68.9 Å². The van der Waals surface area contributed by atoms with Crippen LogP contribution in [-0.4, -0.2) is 35.4 Å². The summed E-state index contributed by atoms with van der Waals surface area (Å²) in [6, 6.07) is 13.0. The summed E-state index contributed by atoms with van der Waals surface area (Å²) >= 11 is 9.17. The lowest BCUT2D eigenvalue weighted by atomic mass is 10.2. The number of aromatic nitrogens is 3. The van der Waals surface area contributed by atoms with Crippen LogP contribution in [0.25, 0.3) is 21.5 Å². The zero-order valence-electron chi connectivity index (χ0n) is 17.0. The molecular weight excluding hydrogens is 454 g/mol. The fourth-order valence-corrected chi connectivity index (χ4v) is 5.06. The molecule has 2 heterocycles. The van der Waals surface area contributed by atoms with Gasteiger partial charge in [0.1, 0.15) is 10.8 Å². The zero-order valence-corrected chi connectivity index (χ0v) is 19.4. The molecule has 0 saturated carbocycles. The van der Waals surface area contributed by atoms with Gasteiger partial charge in [0.15, 0.2) is 5.16 Å². The first-order valence-electron chi connectivity index (χ1n) is 9.49. The molecule has 6 nitrogen and oxygen atoms in total. The van der Waals surface area contributed by atoms with Gasteiger partial charge in [0.25, 0.3) is 5.56 Å². The van der Waals surface area contributed by atoms with Gasteiger partial charge in [-0.05, 0) is 42.5 Å². The third-order valence-electron chi connectivity index (χ3n) is 4.64. The van der Waals surface area contributed by atoms with Crippen molar-refractivity contribution in [1.29, 1.82) is 0 Å². The van der Waals surface area contributed by atoms with Gasteiger partial charge in [-0.15, -0.1) is 11.3 Å². The van der Waals surface area contributed by atoms with Crippen molar-refractivity contribution >= 4 is 45.6 Å². The van der Waals surface area contributed by atoms with Crippen LogP contribution in [0.3, 0.4) is 0 Å². The standard InChI is InChI=1S/C22H20ClN3O3S2/c1-28-10-9-26-21(27)18-8-5-15(23)11-19(18)25-22(26)31-13-16-12-30-20(24-16)14-3-6-17(29-2)7-4-14/h3-8,11-12H,9-10,13H2,1-2H3. The maximum atomic E-state index is 13.0. The molecule has 0 aliphatic rings. The normalized spacial score (nSPS) is 11.2. The van der Waals surface area contributed by atoms with Gasteiger partial charge >= 0.3 is 0 Å². The third kappa shape index (κ3) is 4.93. The van der Waals surface area contributed by atoms with Gasteiger partial charge in [0.2, 0.25) is 0 Å². The number of hydrogen-bond acceptors (Lipinski definition) is 7. The SMILES string of the molecule is COCCn1c(SCc2csc(-c3ccc(OC)cc3)n2)nc2cc(Cl)ccc2c1=O. The predicted molar refractivity (Wildman–Crippen MR) is 127 cm³/mol. The van der Waals surface area contributed by atoms with Crippen molar-refractivity contribution in [3.63, 3.8) is 0 Å². The summed E-state index contributed by atoms with van der Waals surface area (Å²) in [5.41, 5.74) is 2.46. The largest absolute Gasteiger partial charge is 0.497 e. The van der Waals surface area contributed by atoms with Crippen molar-refractivity contribution in [1.82, 2.24) is 14.5 Å². The van der Waals surface area contributed by atoms with Crippen molar-refractivity contribution in [2.75, 3.05) is 20.8 Å². The average molecular weight is 474 g/mol. The number of thioether (sulfide) groups is 1. The predicted octanol–water partition coefficient (Wildman–Crippen LogP) is 5.12. The van der Waals surface area contributed by atoms with Gasteiger partial charge in [-0.3, -0.25) is 9.36 Å². The Morgan fingerprint density at radius 3 is 2.68 bits per heavy atom. The van der Waals surface area contributed by atoms with Gasteiger partial charge in [-0.25, -0.2) is 9.97 Å². The first-order chi connectivity index (χ1) is 15.1. The fourth-order valence-electron chi connectivity index (χ4n) is 3.04. The highest BCUT2D eigenvalue weighted by atomic mass is 35.5. The van der Waals surface area contributed by atoms with E-state index in [0.29, 0.717) is 40.0 Å². The summed E-state index contributed by atoms with van der Waals surface area (Å²) in [7, 11) is 3.26. The second-order valence-corrected chi connectivity index (χ2v) is 8.90. The van der Waals surface area contributed by atoms with Gasteiger partial charge in [-0.1, -0.05) is 23.4 Å². The molecule has 0 fully saturated rings. The number of nitrogens with zero attached hydrogens (tertiary/aromatic N) is 3. The Hall–Kier alpha value is -2.39. The molecule has 31 heavy (non-hydrogen) atoms. The minimum absolute atomic E-state index is 0.0987. The van der Waals surface area contributed by atoms with E-state index < -0.39 is 0 Å². The number of ether oxygens (including phenoxy) is 2. The van der Waals surface area contributed by atoms with Gasteiger partial charge in [0.05, 0.1) is 36.9 Å². The molecule has 0 bridgehead atoms. The number of thiazole rings is 1. The summed E-state index contributed by atoms with van der Waals surface area (Å²) in [5, 5.41) is 4.68. The van der Waals surface area contributed by atoms with E-state index in [4.69, 9.17) is 31.0 Å². The molecule has 0 aliphatic heterocycles. The number of fused-ring (bicyclic) bond motifs is 1. The molecule has 0 atom stereocenters. The molecule has 0 radical (unpaired) electrons. The van der Waals surface area contributed by atoms with Crippen LogP contribution in [-0.2, 0) is 17.0 Å². The Balaban J connectivity index is 1.59. The van der Waals surface area contributed by atoms with E-state index >= 15 is 0 Å². The molecule has 2 aromatic heterocycles. The lowest BCUT2D eigenvalue weighted by Crippen LogP contribution is -2.25. The highest BCUT2D eigenvalue weighted by Crippen LogP contribution is 2.29. The van der Waals surface area contributed by atoms with E-state index in [1.807, 2.05) is 29.6 Å². The van der Waals surface area contributed by atoms with E-state index in [1.54, 1.807) is 48.3 Å². The maximum Gasteiger partial charge on any atom is 0.262 e. The molecule has 2 aromatic carbocycles. The van der Waals surface area contributed by atoms with Crippen LogP contribution in [0.5, 0.6) is 5.75 Å². The number of methoxy groups -OCH3 is 2. The third-order valence-corrected chi connectivity index (χ3v) is 6.82. The van der Waals surface area contributed by atoms with Gasteiger partial charge in [0, 0.05) is 28.8 Å². The topological polar surface area (TPSA) is 66.2 Å². The zero-order chi connectivity index (χ0) is 21.8. The maximum absolute atomic E-state index is 13.0. The van der Waals surface area contributed by atoms with Crippen molar-refractivity contribution in [3.8, 4) is 16.3 Å². The Bertz CT molecular complexity index is 1260. The van der Waals surface area contributed by atoms with Gasteiger partial charge in [-0.2, -0.15) is 0 Å². The highest BCUT2D eigenvalue weighted by Gasteiger charge is 2.13. The van der Waals surface area contributed by atoms with Crippen LogP contribution in [0.4, 0.5) is 0 Å². The molecule has 4 rings (SSSR count). The van der Waals surface area contributed by atoms with Crippen molar-refractivity contribution in [2.24, 2.45) is 0 Å². The number of hydrogen-bond donors (Lipinski definition) is 0. The summed E-state index contributed by atoms with van der Waals surface area (Å²) in [6.07, 6.45) is 0. The lowest BCUT2D eigenvalue weighted by Gasteiger charge is -2.12. The van der Waals surface area contributed by atoms with Crippen LogP contribution in [0, 0.1) is 0 Å². The minimum atomic E-state index is -0.0987. The average Bonchev–Trinajstić information content (AvgIpc) is 3.26. The smallest absolute Gasteiger partial charge is 0.262 e. The summed E-state index contributed by atoms with van der Waals surface area (Å²) < 4.78 is 12.0. The molecule has 0 saturated heterocycles. The minimum Gasteiger partial charge on any atom is -0.497 e. The molecule has 160 valence electrons. The Morgan fingerprint density at radius 2 is 1.94 bits per heavy atom.